The minimum Gasteiger partial charge on any atom is -0.375 e. The Balaban J connectivity index is 1.08. The molecule has 3 aliphatic heterocycles. The smallest absolute Gasteiger partial charge is 0.147 e. The van der Waals surface area contributed by atoms with Gasteiger partial charge in [0.2, 0.25) is 0 Å². The fraction of sp³-hybridized carbons (Fsp3) is 0.571. The number of ether oxygens (including phenoxy) is 1. The third-order valence-corrected chi connectivity index (χ3v) is 8.48. The predicted molar refractivity (Wildman–Crippen MR) is 143 cm³/mol. The second-order valence-electron chi connectivity index (χ2n) is 11.2. The van der Waals surface area contributed by atoms with Gasteiger partial charge in [0.25, 0.3) is 0 Å². The maximum absolute atomic E-state index is 5.72. The number of anilines is 2. The molecule has 0 spiro atoms. The molecule has 0 amide bonds. The summed E-state index contributed by atoms with van der Waals surface area (Å²) >= 11 is 0. The van der Waals surface area contributed by atoms with Gasteiger partial charge >= 0.3 is 0 Å². The van der Waals surface area contributed by atoms with Crippen LogP contribution in [0.15, 0.2) is 43.2 Å². The Bertz CT molecular complexity index is 1210. The molecule has 194 valence electrons. The largest absolute Gasteiger partial charge is 0.375 e. The van der Waals surface area contributed by atoms with Crippen LogP contribution in [0.1, 0.15) is 44.2 Å². The van der Waals surface area contributed by atoms with Crippen LogP contribution >= 0.6 is 0 Å². The summed E-state index contributed by atoms with van der Waals surface area (Å²) in [5.41, 5.74) is 3.52. The highest BCUT2D eigenvalue weighted by atomic mass is 16.5. The van der Waals surface area contributed by atoms with Crippen molar-refractivity contribution in [1.82, 2.24) is 29.8 Å². The fourth-order valence-electron chi connectivity index (χ4n) is 5.87. The van der Waals surface area contributed by atoms with Crippen LogP contribution < -0.4 is 15.1 Å². The van der Waals surface area contributed by atoms with Crippen LogP contribution in [0.4, 0.5) is 11.5 Å². The molecule has 9 nitrogen and oxygen atoms in total. The lowest BCUT2D eigenvalue weighted by Gasteiger charge is -2.42. The molecule has 4 fully saturated rings. The normalized spacial score (nSPS) is 23.3. The SMILES string of the molecule is c1cc(C2(n3cnc(-c4cncc(N5CCCC5)n4)c3)COC2)ncc1N1CCC[C@@H](NCC2CC2)C1. The summed E-state index contributed by atoms with van der Waals surface area (Å²) < 4.78 is 7.87. The molecule has 3 saturated heterocycles. The average Bonchev–Trinajstić information content (AvgIpc) is 3.36. The summed E-state index contributed by atoms with van der Waals surface area (Å²) in [6.45, 7) is 6.60. The number of aromatic nitrogens is 5. The van der Waals surface area contributed by atoms with Crippen molar-refractivity contribution in [1.29, 1.82) is 0 Å². The third-order valence-electron chi connectivity index (χ3n) is 8.48. The van der Waals surface area contributed by atoms with Gasteiger partial charge in [-0.2, -0.15) is 0 Å². The monoisotopic (exact) mass is 500 g/mol. The fourth-order valence-corrected chi connectivity index (χ4v) is 5.87. The maximum atomic E-state index is 5.72. The molecule has 0 bridgehead atoms. The lowest BCUT2D eigenvalue weighted by molar-refractivity contribution is -0.0784. The highest BCUT2D eigenvalue weighted by Gasteiger charge is 2.44. The van der Waals surface area contributed by atoms with E-state index < -0.39 is 0 Å². The van der Waals surface area contributed by atoms with E-state index in [2.05, 4.69) is 43.0 Å². The zero-order chi connectivity index (χ0) is 24.7. The number of nitrogens with zero attached hydrogens (tertiary/aromatic N) is 7. The molecule has 0 aromatic carbocycles. The van der Waals surface area contributed by atoms with Gasteiger partial charge in [-0.15, -0.1) is 0 Å². The van der Waals surface area contributed by atoms with Crippen molar-refractivity contribution in [2.75, 3.05) is 55.7 Å². The van der Waals surface area contributed by atoms with E-state index in [0.29, 0.717) is 19.3 Å². The second kappa shape index (κ2) is 9.68. The zero-order valence-electron chi connectivity index (χ0n) is 21.4. The maximum Gasteiger partial charge on any atom is 0.147 e. The number of pyridine rings is 1. The molecule has 9 heteroatoms. The highest BCUT2D eigenvalue weighted by molar-refractivity contribution is 5.55. The minimum atomic E-state index is -0.333. The molecule has 6 heterocycles. The zero-order valence-corrected chi connectivity index (χ0v) is 21.4. The first-order valence-electron chi connectivity index (χ1n) is 13.9. The van der Waals surface area contributed by atoms with Gasteiger partial charge in [0.1, 0.15) is 22.7 Å². The molecule has 1 aliphatic carbocycles. The van der Waals surface area contributed by atoms with Crippen molar-refractivity contribution < 1.29 is 4.74 Å². The standard InChI is InChI=1S/C28H36N8O/c1-2-10-34(9-1)27-15-29-14-24(33-27)25-17-36(20-32-25)28(18-37-19-28)26-8-7-23(13-31-26)35-11-3-4-22(16-35)30-12-21-5-6-21/h7-8,13-15,17,20-22,30H,1-6,9-12,16,18-19H2/t22-/m1/s1. The molecule has 0 radical (unpaired) electrons. The van der Waals surface area contributed by atoms with Gasteiger partial charge in [-0.05, 0) is 63.1 Å². The minimum absolute atomic E-state index is 0.333. The van der Waals surface area contributed by atoms with E-state index >= 15 is 0 Å². The Kier molecular flexibility index (Phi) is 6.05. The summed E-state index contributed by atoms with van der Waals surface area (Å²) in [4.78, 5) is 23.8. The predicted octanol–water partition coefficient (Wildman–Crippen LogP) is 3.08. The first kappa shape index (κ1) is 23.1. The van der Waals surface area contributed by atoms with Crippen molar-refractivity contribution in [2.45, 2.75) is 50.1 Å². The van der Waals surface area contributed by atoms with Gasteiger partial charge in [-0.1, -0.05) is 0 Å². The summed E-state index contributed by atoms with van der Waals surface area (Å²) in [6, 6.07) is 4.98. The third kappa shape index (κ3) is 4.59. The van der Waals surface area contributed by atoms with Crippen molar-refractivity contribution in [3.63, 3.8) is 0 Å². The van der Waals surface area contributed by atoms with Crippen LogP contribution in [0.25, 0.3) is 11.4 Å². The first-order chi connectivity index (χ1) is 18.3. The van der Waals surface area contributed by atoms with E-state index in [-0.39, 0.29) is 5.54 Å². The molecule has 7 rings (SSSR count). The quantitative estimate of drug-likeness (QED) is 0.505. The Morgan fingerprint density at radius 3 is 2.54 bits per heavy atom. The topological polar surface area (TPSA) is 84.2 Å². The number of hydrogen-bond donors (Lipinski definition) is 1. The van der Waals surface area contributed by atoms with Crippen molar-refractivity contribution in [3.8, 4) is 11.4 Å². The van der Waals surface area contributed by atoms with Gasteiger partial charge in [0.15, 0.2) is 0 Å². The summed E-state index contributed by atoms with van der Waals surface area (Å²) in [7, 11) is 0. The van der Waals surface area contributed by atoms with E-state index in [4.69, 9.17) is 19.7 Å². The molecule has 4 aliphatic rings. The van der Waals surface area contributed by atoms with Gasteiger partial charge in [0, 0.05) is 38.4 Å². The number of rotatable bonds is 8. The molecule has 1 saturated carbocycles. The van der Waals surface area contributed by atoms with Gasteiger partial charge in [-0.3, -0.25) is 9.97 Å². The van der Waals surface area contributed by atoms with Gasteiger partial charge < -0.3 is 24.4 Å². The Hall–Kier alpha value is -3.04. The van der Waals surface area contributed by atoms with Crippen LogP contribution in [-0.4, -0.2) is 76.5 Å². The summed E-state index contributed by atoms with van der Waals surface area (Å²) in [6.07, 6.45) is 17.4. The van der Waals surface area contributed by atoms with E-state index in [1.54, 1.807) is 6.20 Å². The van der Waals surface area contributed by atoms with Gasteiger partial charge in [-0.25, -0.2) is 9.97 Å². The van der Waals surface area contributed by atoms with Crippen LogP contribution in [0.5, 0.6) is 0 Å². The Morgan fingerprint density at radius 1 is 0.919 bits per heavy atom. The molecule has 1 atom stereocenters. The van der Waals surface area contributed by atoms with E-state index in [9.17, 15) is 0 Å². The number of imidazole rings is 1. The number of piperidine rings is 1. The Morgan fingerprint density at radius 2 is 1.78 bits per heavy atom. The van der Waals surface area contributed by atoms with Crippen molar-refractivity contribution >= 4 is 11.5 Å². The molecule has 3 aromatic rings. The van der Waals surface area contributed by atoms with Crippen molar-refractivity contribution in [2.24, 2.45) is 5.92 Å². The van der Waals surface area contributed by atoms with Crippen LogP contribution in [-0.2, 0) is 10.3 Å². The van der Waals surface area contributed by atoms with Crippen molar-refractivity contribution in [3.05, 3.63) is 48.9 Å². The molecule has 0 unspecified atom stereocenters. The lowest BCUT2D eigenvalue weighted by Crippen LogP contribution is -2.52. The van der Waals surface area contributed by atoms with E-state index in [1.807, 2.05) is 18.7 Å². The van der Waals surface area contributed by atoms with Crippen LogP contribution in [0, 0.1) is 5.92 Å². The van der Waals surface area contributed by atoms with E-state index in [1.165, 1.54) is 50.8 Å². The van der Waals surface area contributed by atoms with Crippen LogP contribution in [0.3, 0.4) is 0 Å². The molecule has 1 N–H and O–H groups in total. The molecule has 37 heavy (non-hydrogen) atoms. The number of nitrogens with one attached hydrogen (secondary N) is 1. The lowest BCUT2D eigenvalue weighted by atomic mass is 9.92. The van der Waals surface area contributed by atoms with Crippen LogP contribution in [0.2, 0.25) is 0 Å². The average molecular weight is 501 g/mol. The summed E-state index contributed by atoms with van der Waals surface area (Å²) in [5.74, 6) is 1.85. The molecular weight excluding hydrogens is 464 g/mol. The van der Waals surface area contributed by atoms with E-state index in [0.717, 1.165) is 55.0 Å². The molecule has 3 aromatic heterocycles. The number of hydrogen-bond acceptors (Lipinski definition) is 8. The molecular formula is C28H36N8O. The Labute approximate surface area is 218 Å². The second-order valence-corrected chi connectivity index (χ2v) is 11.2. The van der Waals surface area contributed by atoms with Gasteiger partial charge in [0.05, 0.1) is 49.5 Å². The highest BCUT2D eigenvalue weighted by Crippen LogP contribution is 2.35. The summed E-state index contributed by atoms with van der Waals surface area (Å²) in [5, 5.41) is 3.79. The first-order valence-corrected chi connectivity index (χ1v) is 13.9.